The van der Waals surface area contributed by atoms with E-state index in [1.165, 1.54) is 12.1 Å². The van der Waals surface area contributed by atoms with Gasteiger partial charge >= 0.3 is 0 Å². The summed E-state index contributed by atoms with van der Waals surface area (Å²) in [5.74, 6) is -1.27. The Balaban J connectivity index is 1.86. The van der Waals surface area contributed by atoms with Gasteiger partial charge in [0.25, 0.3) is 11.7 Å². The first-order chi connectivity index (χ1) is 14.9. The van der Waals surface area contributed by atoms with Gasteiger partial charge in [-0.25, -0.2) is 4.39 Å². The minimum Gasteiger partial charge on any atom is -0.507 e. The van der Waals surface area contributed by atoms with Gasteiger partial charge in [0.1, 0.15) is 17.3 Å². The lowest BCUT2D eigenvalue weighted by molar-refractivity contribution is -0.141. The van der Waals surface area contributed by atoms with Crippen LogP contribution in [0, 0.1) is 12.7 Å². The molecule has 0 spiro atoms. The molecule has 1 amide bonds. The molecule has 1 aliphatic heterocycles. The van der Waals surface area contributed by atoms with Crippen LogP contribution in [0.1, 0.15) is 54.8 Å². The predicted molar refractivity (Wildman–Crippen MR) is 115 cm³/mol. The number of amides is 1. The second kappa shape index (κ2) is 8.53. The van der Waals surface area contributed by atoms with Crippen molar-refractivity contribution in [2.45, 2.75) is 51.1 Å². The van der Waals surface area contributed by atoms with E-state index >= 15 is 0 Å². The summed E-state index contributed by atoms with van der Waals surface area (Å²) in [4.78, 5) is 27.8. The molecule has 2 fully saturated rings. The summed E-state index contributed by atoms with van der Waals surface area (Å²) in [6.07, 6.45) is 4.70. The van der Waals surface area contributed by atoms with Gasteiger partial charge < -0.3 is 14.7 Å². The fraction of sp³-hybridized carbons (Fsp3) is 0.360. The van der Waals surface area contributed by atoms with Crippen LogP contribution < -0.4 is 4.74 Å². The summed E-state index contributed by atoms with van der Waals surface area (Å²) < 4.78 is 18.9. The summed E-state index contributed by atoms with van der Waals surface area (Å²) in [7, 11) is 1.56. The standard InChI is InChI=1S/C25H26FNO4/c1-15-14-17(10-13-20(15)31-2)23(28)21-22(16-8-11-18(26)12-9-16)27(25(30)24(21)29)19-6-4-3-5-7-19/h8-14,19,22,28H,3-7H2,1-2H3/b23-21-. The van der Waals surface area contributed by atoms with Gasteiger partial charge in [-0.2, -0.15) is 0 Å². The fourth-order valence-corrected chi connectivity index (χ4v) is 4.74. The average Bonchev–Trinajstić information content (AvgIpc) is 3.05. The lowest BCUT2D eigenvalue weighted by atomic mass is 9.91. The SMILES string of the molecule is COc1ccc(/C(O)=C2/C(=O)C(=O)N(C3CCCCC3)C2c2ccc(F)cc2)cc1C. The largest absolute Gasteiger partial charge is 0.507 e. The lowest BCUT2D eigenvalue weighted by Gasteiger charge is -2.35. The number of Topliss-reactive ketones (excluding diaryl/α,β-unsaturated/α-hetero) is 1. The first-order valence-electron chi connectivity index (χ1n) is 10.6. The zero-order chi connectivity index (χ0) is 22.1. The molecule has 162 valence electrons. The van der Waals surface area contributed by atoms with E-state index < -0.39 is 23.5 Å². The minimum absolute atomic E-state index is 0.0479. The third-order valence-corrected chi connectivity index (χ3v) is 6.30. The maximum atomic E-state index is 13.6. The zero-order valence-electron chi connectivity index (χ0n) is 17.7. The Kier molecular flexibility index (Phi) is 5.81. The van der Waals surface area contributed by atoms with Gasteiger partial charge in [-0.1, -0.05) is 31.4 Å². The van der Waals surface area contributed by atoms with Gasteiger partial charge in [-0.15, -0.1) is 0 Å². The van der Waals surface area contributed by atoms with Gasteiger partial charge in [0.15, 0.2) is 0 Å². The third-order valence-electron chi connectivity index (χ3n) is 6.30. The average molecular weight is 423 g/mol. The van der Waals surface area contributed by atoms with Crippen LogP contribution in [0.15, 0.2) is 48.0 Å². The zero-order valence-corrected chi connectivity index (χ0v) is 17.7. The highest BCUT2D eigenvalue weighted by atomic mass is 19.1. The molecule has 1 saturated carbocycles. The van der Waals surface area contributed by atoms with Gasteiger partial charge in [0.05, 0.1) is 18.7 Å². The van der Waals surface area contributed by atoms with Crippen LogP contribution in [-0.4, -0.2) is 34.8 Å². The van der Waals surface area contributed by atoms with Crippen molar-refractivity contribution in [2.24, 2.45) is 0 Å². The number of carbonyl (C=O) groups is 2. The summed E-state index contributed by atoms with van der Waals surface area (Å²) in [5, 5.41) is 11.2. The van der Waals surface area contributed by atoms with E-state index in [1.807, 2.05) is 6.92 Å². The molecule has 5 nitrogen and oxygen atoms in total. The van der Waals surface area contributed by atoms with Crippen molar-refractivity contribution in [1.82, 2.24) is 4.90 Å². The van der Waals surface area contributed by atoms with Crippen molar-refractivity contribution in [3.8, 4) is 5.75 Å². The van der Waals surface area contributed by atoms with Gasteiger partial charge in [0, 0.05) is 11.6 Å². The molecule has 0 bridgehead atoms. The number of ether oxygens (including phenoxy) is 1. The van der Waals surface area contributed by atoms with Crippen LogP contribution in [0.4, 0.5) is 4.39 Å². The van der Waals surface area contributed by atoms with Gasteiger partial charge in [-0.05, 0) is 61.2 Å². The number of aliphatic hydroxyl groups excluding tert-OH is 1. The molecule has 1 heterocycles. The number of benzene rings is 2. The Morgan fingerprint density at radius 2 is 1.74 bits per heavy atom. The molecule has 0 radical (unpaired) electrons. The number of hydrogen-bond acceptors (Lipinski definition) is 4. The highest BCUT2D eigenvalue weighted by Crippen LogP contribution is 2.43. The molecule has 1 saturated heterocycles. The Hall–Kier alpha value is -3.15. The van der Waals surface area contributed by atoms with Crippen LogP contribution in [-0.2, 0) is 9.59 Å². The van der Waals surface area contributed by atoms with Crippen LogP contribution in [0.25, 0.3) is 5.76 Å². The molecule has 0 aromatic heterocycles. The van der Waals surface area contributed by atoms with Crippen LogP contribution in [0.3, 0.4) is 0 Å². The number of nitrogens with zero attached hydrogens (tertiary/aromatic N) is 1. The lowest BCUT2D eigenvalue weighted by Crippen LogP contribution is -2.40. The molecule has 4 rings (SSSR count). The van der Waals surface area contributed by atoms with Crippen LogP contribution in [0.2, 0.25) is 0 Å². The summed E-state index contributed by atoms with van der Waals surface area (Å²) in [6.45, 7) is 1.84. The quantitative estimate of drug-likeness (QED) is 0.432. The number of hydrogen-bond donors (Lipinski definition) is 1. The first-order valence-corrected chi connectivity index (χ1v) is 10.6. The van der Waals surface area contributed by atoms with Crippen molar-refractivity contribution in [2.75, 3.05) is 7.11 Å². The number of aliphatic hydroxyl groups is 1. The first kappa shape index (κ1) is 21.1. The molecular formula is C25H26FNO4. The van der Waals surface area contributed by atoms with E-state index in [9.17, 15) is 19.1 Å². The molecule has 6 heteroatoms. The molecule has 1 atom stereocenters. The molecule has 1 unspecified atom stereocenters. The highest BCUT2D eigenvalue weighted by Gasteiger charge is 2.48. The summed E-state index contributed by atoms with van der Waals surface area (Å²) in [5.41, 5.74) is 1.89. The van der Waals surface area contributed by atoms with Crippen molar-refractivity contribution >= 4 is 17.4 Å². The van der Waals surface area contributed by atoms with E-state index in [4.69, 9.17) is 4.74 Å². The fourth-order valence-electron chi connectivity index (χ4n) is 4.74. The highest BCUT2D eigenvalue weighted by molar-refractivity contribution is 6.46. The van der Waals surface area contributed by atoms with E-state index in [0.29, 0.717) is 16.9 Å². The van der Waals surface area contributed by atoms with Crippen molar-refractivity contribution < 1.29 is 23.8 Å². The second-order valence-corrected chi connectivity index (χ2v) is 8.23. The summed E-state index contributed by atoms with van der Waals surface area (Å²) >= 11 is 0. The molecule has 1 N–H and O–H groups in total. The molecule has 2 aromatic rings. The van der Waals surface area contributed by atoms with E-state index in [-0.39, 0.29) is 17.4 Å². The van der Waals surface area contributed by atoms with Gasteiger partial charge in [-0.3, -0.25) is 9.59 Å². The number of rotatable bonds is 4. The van der Waals surface area contributed by atoms with Crippen LogP contribution in [0.5, 0.6) is 5.75 Å². The van der Waals surface area contributed by atoms with E-state index in [0.717, 1.165) is 37.7 Å². The van der Waals surface area contributed by atoms with Gasteiger partial charge in [0.2, 0.25) is 0 Å². The van der Waals surface area contributed by atoms with E-state index in [2.05, 4.69) is 0 Å². The normalized spacial score (nSPS) is 21.5. The monoisotopic (exact) mass is 423 g/mol. The molecular weight excluding hydrogens is 397 g/mol. The van der Waals surface area contributed by atoms with E-state index in [1.54, 1.807) is 42.3 Å². The topological polar surface area (TPSA) is 66.8 Å². The Morgan fingerprint density at radius 3 is 2.35 bits per heavy atom. The predicted octanol–water partition coefficient (Wildman–Crippen LogP) is 4.90. The second-order valence-electron chi connectivity index (χ2n) is 8.23. The Bertz CT molecular complexity index is 1040. The maximum absolute atomic E-state index is 13.6. The number of carbonyl (C=O) groups excluding carboxylic acids is 2. The van der Waals surface area contributed by atoms with Crippen molar-refractivity contribution in [1.29, 1.82) is 0 Å². The number of halogens is 1. The number of ketones is 1. The number of likely N-dealkylation sites (tertiary alicyclic amines) is 1. The Morgan fingerprint density at radius 1 is 1.06 bits per heavy atom. The Labute approximate surface area is 181 Å². The van der Waals surface area contributed by atoms with Crippen molar-refractivity contribution in [3.05, 3.63) is 70.5 Å². The molecule has 2 aromatic carbocycles. The maximum Gasteiger partial charge on any atom is 0.295 e. The third kappa shape index (κ3) is 3.82. The summed E-state index contributed by atoms with van der Waals surface area (Å²) in [6, 6.07) is 10.1. The molecule has 31 heavy (non-hydrogen) atoms. The molecule has 1 aliphatic carbocycles. The molecule has 2 aliphatic rings. The minimum atomic E-state index is -0.744. The number of aryl methyl sites for hydroxylation is 1. The van der Waals surface area contributed by atoms with Crippen molar-refractivity contribution in [3.63, 3.8) is 0 Å². The number of methoxy groups -OCH3 is 1. The van der Waals surface area contributed by atoms with Crippen LogP contribution >= 0.6 is 0 Å². The smallest absolute Gasteiger partial charge is 0.295 e.